The van der Waals surface area contributed by atoms with Gasteiger partial charge in [0.15, 0.2) is 0 Å². The van der Waals surface area contributed by atoms with Crippen LogP contribution in [-0.4, -0.2) is 130 Å². The minimum Gasteiger partial charge on any atom is -0.460 e. The Kier molecular flexibility index (Phi) is 28.4. The van der Waals surface area contributed by atoms with Crippen molar-refractivity contribution >= 4 is 63.8 Å². The van der Waals surface area contributed by atoms with Gasteiger partial charge < -0.3 is 57.2 Å². The summed E-state index contributed by atoms with van der Waals surface area (Å²) in [5.74, 6) is -6.42. The van der Waals surface area contributed by atoms with Crippen LogP contribution >= 0.6 is 0 Å². The summed E-state index contributed by atoms with van der Waals surface area (Å²) in [7, 11) is -3.45. The topological polar surface area (TPSA) is 358 Å². The average molecular weight is 1020 g/mol. The molecule has 11 N–H and O–H groups in total. The summed E-state index contributed by atoms with van der Waals surface area (Å²) >= 11 is 0. The first-order valence-corrected chi connectivity index (χ1v) is 24.6. The number of hydrogen-bond donors (Lipinski definition) is 10. The van der Waals surface area contributed by atoms with Gasteiger partial charge in [0.05, 0.1) is 18.1 Å². The van der Waals surface area contributed by atoms with E-state index in [2.05, 4.69) is 63.2 Å². The quantitative estimate of drug-likeness (QED) is 0.0217. The molecule has 71 heavy (non-hydrogen) atoms. The maximum absolute atomic E-state index is 14.1. The van der Waals surface area contributed by atoms with Crippen molar-refractivity contribution in [1.29, 1.82) is 0 Å². The van der Waals surface area contributed by atoms with Crippen molar-refractivity contribution in [3.05, 3.63) is 60.4 Å². The van der Waals surface area contributed by atoms with Gasteiger partial charge in [0, 0.05) is 32.7 Å². The first-order chi connectivity index (χ1) is 33.3. The maximum atomic E-state index is 14.1. The van der Waals surface area contributed by atoms with Crippen molar-refractivity contribution in [3.8, 4) is 0 Å². The fourth-order valence-corrected chi connectivity index (χ4v) is 6.49. The van der Waals surface area contributed by atoms with Gasteiger partial charge in [-0.25, -0.2) is 14.3 Å². The van der Waals surface area contributed by atoms with Crippen molar-refractivity contribution < 1.29 is 70.3 Å². The first kappa shape index (κ1) is 62.4. The molecule has 0 radical (unpaired) electrons. The van der Waals surface area contributed by atoms with E-state index < -0.39 is 125 Å². The van der Waals surface area contributed by atoms with E-state index in [-0.39, 0.29) is 37.9 Å². The molecule has 0 aliphatic carbocycles. The van der Waals surface area contributed by atoms with E-state index in [4.69, 9.17) is 24.5 Å². The molecule has 0 saturated carbocycles. The van der Waals surface area contributed by atoms with Crippen LogP contribution in [0.15, 0.2) is 60.4 Å². The number of hydrogen-bond acceptors (Lipinski definition) is 14. The normalized spacial score (nSPS) is 22.2. The average Bonchev–Trinajstić information content (AvgIpc) is 3.28. The maximum Gasteiger partial charge on any atom is 0.361 e. The second-order valence-electron chi connectivity index (χ2n) is 17.5. The fourth-order valence-electron chi connectivity index (χ4n) is 6.18. The van der Waals surface area contributed by atoms with E-state index >= 15 is 0 Å². The zero-order valence-corrected chi connectivity index (χ0v) is 42.5. The van der Waals surface area contributed by atoms with Crippen molar-refractivity contribution in [3.63, 3.8) is 0 Å². The molecule has 0 fully saturated rings. The van der Waals surface area contributed by atoms with E-state index in [9.17, 15) is 51.6 Å². The molecular weight excluding hydrogens is 951 g/mol. The van der Waals surface area contributed by atoms with Gasteiger partial charge >= 0.3 is 34.3 Å². The number of nitrogens with two attached hydrogens (primary N) is 1. The predicted molar refractivity (Wildman–Crippen MR) is 260 cm³/mol. The van der Waals surface area contributed by atoms with Crippen LogP contribution in [0.25, 0.3) is 0 Å². The number of carbonyl (C=O) groups is 9. The van der Waals surface area contributed by atoms with Gasteiger partial charge in [0.1, 0.15) is 36.5 Å². The summed E-state index contributed by atoms with van der Waals surface area (Å²) < 4.78 is 49.5. The summed E-state index contributed by atoms with van der Waals surface area (Å²) in [5, 5.41) is 16.1. The number of urea groups is 2. The molecule has 398 valence electrons. The molecule has 1 unspecified atom stereocenters. The van der Waals surface area contributed by atoms with Crippen LogP contribution in [0, 0.1) is 17.3 Å². The summed E-state index contributed by atoms with van der Waals surface area (Å²) in [6.07, 6.45) is 14.6. The van der Waals surface area contributed by atoms with Crippen LogP contribution in [0.4, 0.5) is 9.59 Å². The Bertz CT molecular complexity index is 2100. The highest BCUT2D eigenvalue weighted by Crippen LogP contribution is 2.31. The molecule has 1 aliphatic rings. The molecule has 1 heterocycles. The Morgan fingerprint density at radius 3 is 2.24 bits per heavy atom. The minimum atomic E-state index is -4.88. The van der Waals surface area contributed by atoms with Gasteiger partial charge in [-0.2, -0.15) is 8.42 Å². The van der Waals surface area contributed by atoms with Gasteiger partial charge in [-0.1, -0.05) is 77.2 Å². The summed E-state index contributed by atoms with van der Waals surface area (Å²) in [6, 6.07) is -5.42. The molecule has 24 nitrogen and oxygen atoms in total. The number of allylic oxidation sites excluding steroid dienone is 6. The molecule has 0 aromatic rings. The third-order valence-corrected chi connectivity index (χ3v) is 10.7. The number of ether oxygens (including phenoxy) is 3. The highest BCUT2D eigenvalue weighted by atomic mass is 32.2. The zero-order chi connectivity index (χ0) is 53.7. The number of nitrogens with one attached hydrogen (secondary N) is 8. The Hall–Kier alpha value is -6.60. The molecule has 0 aromatic heterocycles. The van der Waals surface area contributed by atoms with Crippen molar-refractivity contribution in [1.82, 2.24) is 41.9 Å². The number of methoxy groups -OCH3 is 1. The predicted octanol–water partition coefficient (Wildman–Crippen LogP) is 1.12. The lowest BCUT2D eigenvalue weighted by Crippen LogP contribution is -2.56. The third-order valence-electron chi connectivity index (χ3n) is 10.3. The molecule has 1 aliphatic heterocycles. The van der Waals surface area contributed by atoms with Gasteiger partial charge in [0.2, 0.25) is 23.6 Å². The standard InChI is InChI=1S/C46H73N9O15S/c1-9-18-32-42(61)54-33(21-17-24-48-45(64)55-71(65,66)67)40(59)49-27-38(57)53-34(26-51-44(47)63)41(60)50-28-39(58)70-36(25-31(68-8)20-16-14-12-10-11-13-15-19-29(2)3)46(6,7)43(62)69-35(30(4)5)22-23-37(56)52-32/h11-14,16,18,20,22-23,29-31,33-36H,9-10,15,17,19,21,24-28H2,1-8H3,(H,49,59)(H,50,60)(H,52,56)(H,53,57)(H,54,61)(H3,47,51,63)(H2,48,55,64)(H,65,66,67)/b13-11-,14-12+,20-16+,23-22+,32-18+/t31-,33?,34-,35-,36-/m0/s1. The van der Waals surface area contributed by atoms with Crippen LogP contribution in [-0.2, 0) is 58.1 Å². The Morgan fingerprint density at radius 2 is 1.62 bits per heavy atom. The lowest BCUT2D eigenvalue weighted by molar-refractivity contribution is -0.175. The smallest absolute Gasteiger partial charge is 0.361 e. The second kappa shape index (κ2) is 32.3. The van der Waals surface area contributed by atoms with E-state index in [1.54, 1.807) is 32.9 Å². The summed E-state index contributed by atoms with van der Waals surface area (Å²) in [6.45, 7) is 9.91. The number of rotatable bonds is 19. The summed E-state index contributed by atoms with van der Waals surface area (Å²) in [5.41, 5.74) is 3.31. The highest BCUT2D eigenvalue weighted by Gasteiger charge is 2.43. The van der Waals surface area contributed by atoms with Gasteiger partial charge in [-0.3, -0.25) is 38.1 Å². The van der Waals surface area contributed by atoms with Crippen LogP contribution in [0.2, 0.25) is 0 Å². The number of carbonyl (C=O) groups excluding carboxylic acids is 9. The molecule has 5 atom stereocenters. The molecule has 25 heteroatoms. The monoisotopic (exact) mass is 1020 g/mol. The zero-order valence-electron chi connectivity index (χ0n) is 41.7. The molecular formula is C46H73N9O15S. The lowest BCUT2D eigenvalue weighted by Gasteiger charge is -2.34. The molecule has 0 bridgehead atoms. The van der Waals surface area contributed by atoms with Crippen LogP contribution < -0.4 is 47.7 Å². The number of cyclic esters (lactones) is 2. The lowest BCUT2D eigenvalue weighted by atomic mass is 9.83. The number of amides is 9. The second-order valence-corrected chi connectivity index (χ2v) is 18.6. The molecule has 1 rings (SSSR count). The molecule has 9 amide bonds. The molecule has 0 aromatic carbocycles. The summed E-state index contributed by atoms with van der Waals surface area (Å²) in [4.78, 5) is 118. The van der Waals surface area contributed by atoms with Gasteiger partial charge in [0.25, 0.3) is 5.91 Å². The van der Waals surface area contributed by atoms with Gasteiger partial charge in [-0.05, 0) is 70.3 Å². The van der Waals surface area contributed by atoms with Crippen molar-refractivity contribution in [2.75, 3.05) is 33.3 Å². The third kappa shape index (κ3) is 26.8. The SMILES string of the molecule is CC/C=C1/NC(=O)/C=C/[C@@H](C(C)C)OC(=O)C(C)(C)[C@H](C[C@H](/C=C/C=C/C/C=C\CCC(C)C)OC)OC(=O)CNC(=O)[C@H](CNC(N)=O)NC(=O)CNC(=O)C(CCCNC(=O)NS(=O)(=O)O)NC1=O. The number of primary amides is 1. The number of esters is 2. The van der Waals surface area contributed by atoms with Crippen LogP contribution in [0.3, 0.4) is 0 Å². The largest absolute Gasteiger partial charge is 0.460 e. The van der Waals surface area contributed by atoms with E-state index in [1.165, 1.54) is 37.8 Å². The minimum absolute atomic E-state index is 0.0736. The van der Waals surface area contributed by atoms with E-state index in [0.29, 0.717) is 12.3 Å². The van der Waals surface area contributed by atoms with Crippen LogP contribution in [0.1, 0.15) is 93.4 Å². The molecule has 0 saturated heterocycles. The molecule has 0 spiro atoms. The highest BCUT2D eigenvalue weighted by molar-refractivity contribution is 7.84. The van der Waals surface area contributed by atoms with Crippen LogP contribution in [0.5, 0.6) is 0 Å². The Morgan fingerprint density at radius 1 is 0.944 bits per heavy atom. The van der Waals surface area contributed by atoms with E-state index in [1.807, 2.05) is 12.2 Å². The van der Waals surface area contributed by atoms with Crippen molar-refractivity contribution in [2.24, 2.45) is 23.0 Å². The Balaban J connectivity index is 3.66. The van der Waals surface area contributed by atoms with E-state index in [0.717, 1.165) is 18.9 Å². The first-order valence-electron chi connectivity index (χ1n) is 23.1. The van der Waals surface area contributed by atoms with Crippen molar-refractivity contribution in [2.45, 2.75) is 124 Å². The fraction of sp³-hybridized carbons (Fsp3) is 0.587. The Labute approximate surface area is 415 Å². The van der Waals surface area contributed by atoms with Gasteiger partial charge in [-0.15, -0.1) is 0 Å².